The summed E-state index contributed by atoms with van der Waals surface area (Å²) in [7, 11) is 0. The van der Waals surface area contributed by atoms with Crippen LogP contribution in [0, 0.1) is 11.8 Å². The van der Waals surface area contributed by atoms with Gasteiger partial charge in [-0.05, 0) is 11.8 Å². The minimum absolute atomic E-state index is 0.188. The van der Waals surface area contributed by atoms with E-state index in [-0.39, 0.29) is 34.5 Å². The van der Waals surface area contributed by atoms with Crippen molar-refractivity contribution in [1.82, 2.24) is 0 Å². The van der Waals surface area contributed by atoms with Crippen molar-refractivity contribution in [2.75, 3.05) is 0 Å². The van der Waals surface area contributed by atoms with Gasteiger partial charge in [0.2, 0.25) is 10.9 Å². The molecule has 0 saturated heterocycles. The van der Waals surface area contributed by atoms with E-state index in [1.165, 1.54) is 0 Å². The van der Waals surface area contributed by atoms with Crippen LogP contribution in [-0.4, -0.2) is 5.78 Å². The Morgan fingerprint density at radius 1 is 0.650 bits per heavy atom. The SMILES string of the molecule is CC(C)C(=O)C(C)C.CC(C)c1c(C(C)C)c(=O)c1=O. The van der Waals surface area contributed by atoms with E-state index in [4.69, 9.17) is 0 Å². The number of rotatable bonds is 4. The van der Waals surface area contributed by atoms with Crippen molar-refractivity contribution < 1.29 is 4.79 Å². The molecule has 1 rings (SSSR count). The summed E-state index contributed by atoms with van der Waals surface area (Å²) >= 11 is 0. The molecule has 3 nitrogen and oxygen atoms in total. The highest BCUT2D eigenvalue weighted by molar-refractivity contribution is 5.81. The first-order valence-corrected chi connectivity index (χ1v) is 7.39. The molecule has 3 heteroatoms. The molecule has 1 aromatic rings. The van der Waals surface area contributed by atoms with E-state index in [2.05, 4.69) is 0 Å². The van der Waals surface area contributed by atoms with Crippen LogP contribution >= 0.6 is 0 Å². The lowest BCUT2D eigenvalue weighted by Crippen LogP contribution is -2.41. The highest BCUT2D eigenvalue weighted by Gasteiger charge is 2.24. The van der Waals surface area contributed by atoms with Crippen LogP contribution in [0.2, 0.25) is 0 Å². The van der Waals surface area contributed by atoms with Gasteiger partial charge >= 0.3 is 0 Å². The number of carbonyl (C=O) groups excluding carboxylic acids is 1. The molecule has 0 atom stereocenters. The highest BCUT2D eigenvalue weighted by Crippen LogP contribution is 2.20. The van der Waals surface area contributed by atoms with Crippen LogP contribution < -0.4 is 10.9 Å². The topological polar surface area (TPSA) is 51.2 Å². The Morgan fingerprint density at radius 2 is 0.900 bits per heavy atom. The predicted octanol–water partition coefficient (Wildman–Crippen LogP) is 3.40. The van der Waals surface area contributed by atoms with E-state index in [0.717, 1.165) is 11.1 Å². The van der Waals surface area contributed by atoms with Gasteiger partial charge in [-0.1, -0.05) is 55.4 Å². The summed E-state index contributed by atoms with van der Waals surface area (Å²) < 4.78 is 0. The number of Topliss-reactive ketones (excluding diaryl/α,β-unsaturated/α-hetero) is 1. The molecule has 0 aliphatic rings. The van der Waals surface area contributed by atoms with Gasteiger partial charge in [-0.25, -0.2) is 0 Å². The summed E-state index contributed by atoms with van der Waals surface area (Å²) in [5.41, 5.74) is 0.951. The quantitative estimate of drug-likeness (QED) is 0.794. The van der Waals surface area contributed by atoms with Gasteiger partial charge in [0.25, 0.3) is 0 Å². The predicted molar refractivity (Wildman–Crippen MR) is 84.2 cm³/mol. The molecule has 0 fully saturated rings. The number of hydrogen-bond donors (Lipinski definition) is 0. The minimum atomic E-state index is -0.270. The molecule has 0 heterocycles. The Bertz CT molecular complexity index is 467. The molecule has 0 amide bonds. The van der Waals surface area contributed by atoms with E-state index in [1.54, 1.807) is 0 Å². The molecule has 1 aromatic carbocycles. The van der Waals surface area contributed by atoms with Gasteiger partial charge in [0.15, 0.2) is 0 Å². The molecule has 0 N–H and O–H groups in total. The van der Waals surface area contributed by atoms with Crippen molar-refractivity contribution in [3.8, 4) is 0 Å². The van der Waals surface area contributed by atoms with Gasteiger partial charge in [0.05, 0.1) is 0 Å². The lowest BCUT2D eigenvalue weighted by atomic mass is 9.85. The lowest BCUT2D eigenvalue weighted by molar-refractivity contribution is -0.124. The van der Waals surface area contributed by atoms with Crippen molar-refractivity contribution in [2.24, 2.45) is 11.8 Å². The zero-order chi connectivity index (χ0) is 16.2. The van der Waals surface area contributed by atoms with Crippen molar-refractivity contribution in [3.05, 3.63) is 31.6 Å². The molecule has 0 aromatic heterocycles. The van der Waals surface area contributed by atoms with Crippen molar-refractivity contribution in [2.45, 2.75) is 67.2 Å². The van der Waals surface area contributed by atoms with Gasteiger partial charge in [-0.3, -0.25) is 14.4 Å². The summed E-state index contributed by atoms with van der Waals surface area (Å²) in [6.07, 6.45) is 0. The molecule has 0 unspecified atom stereocenters. The van der Waals surface area contributed by atoms with Crippen LogP contribution in [0.25, 0.3) is 0 Å². The Morgan fingerprint density at radius 3 is 1.00 bits per heavy atom. The average Bonchev–Trinajstić information content (AvgIpc) is 2.32. The van der Waals surface area contributed by atoms with E-state index >= 15 is 0 Å². The summed E-state index contributed by atoms with van der Waals surface area (Å²) in [4.78, 5) is 33.1. The van der Waals surface area contributed by atoms with Gasteiger partial charge in [0.1, 0.15) is 5.78 Å². The molecular weight excluding hydrogens is 252 g/mol. The maximum Gasteiger partial charge on any atom is 0.229 e. The summed E-state index contributed by atoms with van der Waals surface area (Å²) in [5, 5.41) is 0. The van der Waals surface area contributed by atoms with E-state index in [9.17, 15) is 14.4 Å². The third-order valence-corrected chi connectivity index (χ3v) is 3.28. The normalized spacial score (nSPS) is 11.4. The fraction of sp³-hybridized carbons (Fsp3) is 0.706. The monoisotopic (exact) mass is 280 g/mol. The Kier molecular flexibility index (Phi) is 7.04. The van der Waals surface area contributed by atoms with Gasteiger partial charge in [-0.2, -0.15) is 0 Å². The molecule has 0 bridgehead atoms. The summed E-state index contributed by atoms with van der Waals surface area (Å²) in [6, 6.07) is 0. The minimum Gasteiger partial charge on any atom is -0.299 e. The molecule has 0 spiro atoms. The average molecular weight is 280 g/mol. The van der Waals surface area contributed by atoms with Gasteiger partial charge < -0.3 is 0 Å². The molecule has 0 radical (unpaired) electrons. The third-order valence-electron chi connectivity index (χ3n) is 3.28. The van der Waals surface area contributed by atoms with Crippen LogP contribution in [0.1, 0.15) is 78.4 Å². The zero-order valence-corrected chi connectivity index (χ0v) is 14.0. The Labute approximate surface area is 122 Å². The Hall–Kier alpha value is -1.25. The zero-order valence-electron chi connectivity index (χ0n) is 14.0. The maximum atomic E-state index is 11.1. The van der Waals surface area contributed by atoms with E-state index < -0.39 is 0 Å². The number of carbonyl (C=O) groups is 1. The second-order valence-corrected chi connectivity index (χ2v) is 6.51. The second kappa shape index (κ2) is 7.51. The molecule has 0 aliphatic heterocycles. The van der Waals surface area contributed by atoms with Crippen molar-refractivity contribution in [3.63, 3.8) is 0 Å². The first-order valence-electron chi connectivity index (χ1n) is 7.39. The fourth-order valence-corrected chi connectivity index (χ4v) is 2.24. The van der Waals surface area contributed by atoms with Crippen molar-refractivity contribution >= 4 is 5.78 Å². The lowest BCUT2D eigenvalue weighted by Gasteiger charge is -2.16. The van der Waals surface area contributed by atoms with Crippen molar-refractivity contribution in [1.29, 1.82) is 0 Å². The molecule has 20 heavy (non-hydrogen) atoms. The van der Waals surface area contributed by atoms with Gasteiger partial charge in [0, 0.05) is 23.0 Å². The second-order valence-electron chi connectivity index (χ2n) is 6.51. The number of hydrogen-bond acceptors (Lipinski definition) is 3. The molecule has 0 aliphatic carbocycles. The van der Waals surface area contributed by atoms with E-state index in [1.807, 2.05) is 55.4 Å². The van der Waals surface area contributed by atoms with E-state index in [0.29, 0.717) is 5.78 Å². The van der Waals surface area contributed by atoms with Crippen LogP contribution in [0.5, 0.6) is 0 Å². The van der Waals surface area contributed by atoms with Crippen LogP contribution in [0.15, 0.2) is 9.59 Å². The Balaban J connectivity index is 0.000000396. The summed E-state index contributed by atoms with van der Waals surface area (Å²) in [5.74, 6) is 1.13. The largest absolute Gasteiger partial charge is 0.299 e. The molecule has 0 saturated carbocycles. The standard InChI is InChI=1S/C10H14O2.C7H14O/c1-5(2)7-8(6(3)4)10(12)9(7)11;1-5(2)7(8)6(3)4/h5-6H,1-4H3;5-6H,1-4H3. The maximum absolute atomic E-state index is 11.1. The smallest absolute Gasteiger partial charge is 0.229 e. The fourth-order valence-electron chi connectivity index (χ4n) is 2.24. The van der Waals surface area contributed by atoms with Crippen LogP contribution in [0.3, 0.4) is 0 Å². The first kappa shape index (κ1) is 18.8. The van der Waals surface area contributed by atoms with Crippen LogP contribution in [0.4, 0.5) is 0 Å². The highest BCUT2D eigenvalue weighted by atomic mass is 16.2. The number of ketones is 1. The van der Waals surface area contributed by atoms with Crippen LogP contribution in [-0.2, 0) is 4.79 Å². The molecule has 114 valence electrons. The summed E-state index contributed by atoms with van der Waals surface area (Å²) in [6.45, 7) is 15.5. The first-order chi connectivity index (χ1) is 9.02. The molecular formula is C17H28O3. The third kappa shape index (κ3) is 4.39. The van der Waals surface area contributed by atoms with Gasteiger partial charge in [-0.15, -0.1) is 0 Å².